The standard InChI is InChI=1S/C20H17ClN2O2S2/c1-13-5-4-7-15(11-13)22-18(24)9-10-23-19(25)17(27-20(23)26)12-14-6-2-3-8-16(14)21/h2-8,11-12H,9-10H2,1H3,(H,22,24)/b17-12-. The molecule has 138 valence electrons. The Balaban J connectivity index is 1.62. The van der Waals surface area contributed by atoms with Gasteiger partial charge in [-0.1, -0.05) is 65.9 Å². The highest BCUT2D eigenvalue weighted by Gasteiger charge is 2.32. The molecule has 1 N–H and O–H groups in total. The van der Waals surface area contributed by atoms with Gasteiger partial charge in [0.1, 0.15) is 4.32 Å². The molecule has 1 heterocycles. The minimum atomic E-state index is -0.201. The number of hydrogen-bond donors (Lipinski definition) is 1. The second kappa shape index (κ2) is 8.69. The van der Waals surface area contributed by atoms with E-state index in [-0.39, 0.29) is 24.8 Å². The minimum absolute atomic E-state index is 0.162. The molecule has 3 rings (SSSR count). The van der Waals surface area contributed by atoms with Crippen molar-refractivity contribution in [3.8, 4) is 0 Å². The molecule has 0 atom stereocenters. The fraction of sp³-hybridized carbons (Fsp3) is 0.150. The van der Waals surface area contributed by atoms with Crippen LogP contribution in [0.3, 0.4) is 0 Å². The van der Waals surface area contributed by atoms with Crippen molar-refractivity contribution in [2.24, 2.45) is 0 Å². The Morgan fingerprint density at radius 3 is 2.78 bits per heavy atom. The molecule has 1 fully saturated rings. The molecule has 0 radical (unpaired) electrons. The first kappa shape index (κ1) is 19.6. The predicted molar refractivity (Wildman–Crippen MR) is 116 cm³/mol. The van der Waals surface area contributed by atoms with Gasteiger partial charge in [0.2, 0.25) is 5.91 Å². The Morgan fingerprint density at radius 2 is 2.04 bits per heavy atom. The maximum absolute atomic E-state index is 12.6. The molecule has 7 heteroatoms. The van der Waals surface area contributed by atoms with Crippen molar-refractivity contribution >= 4 is 63.5 Å². The molecule has 0 spiro atoms. The SMILES string of the molecule is Cc1cccc(NC(=O)CCN2C(=O)/C(=C/c3ccccc3Cl)SC2=S)c1. The van der Waals surface area contributed by atoms with Gasteiger partial charge in [0.15, 0.2) is 0 Å². The largest absolute Gasteiger partial charge is 0.326 e. The lowest BCUT2D eigenvalue weighted by molar-refractivity contribution is -0.122. The van der Waals surface area contributed by atoms with Gasteiger partial charge >= 0.3 is 0 Å². The summed E-state index contributed by atoms with van der Waals surface area (Å²) in [6.45, 7) is 2.20. The van der Waals surface area contributed by atoms with Crippen LogP contribution in [0.15, 0.2) is 53.4 Å². The van der Waals surface area contributed by atoms with Gasteiger partial charge in [-0.05, 0) is 42.3 Å². The lowest BCUT2D eigenvalue weighted by atomic mass is 10.2. The average Bonchev–Trinajstić information content (AvgIpc) is 2.88. The van der Waals surface area contributed by atoms with Crippen molar-refractivity contribution in [2.75, 3.05) is 11.9 Å². The van der Waals surface area contributed by atoms with Crippen LogP contribution in [0.25, 0.3) is 6.08 Å². The number of hydrogen-bond acceptors (Lipinski definition) is 4. The summed E-state index contributed by atoms with van der Waals surface area (Å²) in [5, 5.41) is 3.41. The Hall–Kier alpha value is -2.15. The van der Waals surface area contributed by atoms with E-state index in [1.165, 1.54) is 16.7 Å². The zero-order chi connectivity index (χ0) is 19.4. The molecular weight excluding hydrogens is 400 g/mol. The van der Waals surface area contributed by atoms with Crippen molar-refractivity contribution in [3.05, 3.63) is 69.6 Å². The molecule has 0 saturated carbocycles. The van der Waals surface area contributed by atoms with Gasteiger partial charge in [-0.25, -0.2) is 0 Å². The van der Waals surface area contributed by atoms with Crippen LogP contribution in [-0.2, 0) is 9.59 Å². The summed E-state index contributed by atoms with van der Waals surface area (Å²) in [6, 6.07) is 14.9. The number of halogens is 1. The van der Waals surface area contributed by atoms with Crippen LogP contribution in [0.5, 0.6) is 0 Å². The van der Waals surface area contributed by atoms with Gasteiger partial charge in [-0.15, -0.1) is 0 Å². The van der Waals surface area contributed by atoms with Crippen molar-refractivity contribution in [1.82, 2.24) is 4.90 Å². The third-order valence-electron chi connectivity index (χ3n) is 3.93. The van der Waals surface area contributed by atoms with Gasteiger partial charge in [0.25, 0.3) is 5.91 Å². The number of anilines is 1. The van der Waals surface area contributed by atoms with Crippen LogP contribution >= 0.6 is 35.6 Å². The highest BCUT2D eigenvalue weighted by molar-refractivity contribution is 8.26. The lowest BCUT2D eigenvalue weighted by Crippen LogP contribution is -2.31. The van der Waals surface area contributed by atoms with E-state index in [1.807, 2.05) is 49.4 Å². The second-order valence-corrected chi connectivity index (χ2v) is 8.11. The fourth-order valence-electron chi connectivity index (χ4n) is 2.59. The Bertz CT molecular complexity index is 943. The van der Waals surface area contributed by atoms with Crippen LogP contribution in [-0.4, -0.2) is 27.6 Å². The number of carbonyl (C=O) groups excluding carboxylic acids is 2. The molecule has 0 aliphatic carbocycles. The molecule has 0 aromatic heterocycles. The number of carbonyl (C=O) groups is 2. The molecule has 2 amide bonds. The lowest BCUT2D eigenvalue weighted by Gasteiger charge is -2.14. The average molecular weight is 417 g/mol. The summed E-state index contributed by atoms with van der Waals surface area (Å²) in [5.74, 6) is -0.363. The quantitative estimate of drug-likeness (QED) is 0.557. The summed E-state index contributed by atoms with van der Waals surface area (Å²) >= 11 is 12.7. The first-order valence-corrected chi connectivity index (χ1v) is 9.91. The Labute approximate surface area is 172 Å². The zero-order valence-electron chi connectivity index (χ0n) is 14.6. The summed E-state index contributed by atoms with van der Waals surface area (Å²) in [6.07, 6.45) is 1.90. The first-order valence-electron chi connectivity index (χ1n) is 8.30. The van der Waals surface area contributed by atoms with E-state index in [9.17, 15) is 9.59 Å². The fourth-order valence-corrected chi connectivity index (χ4v) is 4.08. The molecule has 0 unspecified atom stereocenters. The molecule has 1 saturated heterocycles. The van der Waals surface area contributed by atoms with Gasteiger partial charge in [0, 0.05) is 23.7 Å². The van der Waals surface area contributed by atoms with Crippen LogP contribution in [0.1, 0.15) is 17.5 Å². The highest BCUT2D eigenvalue weighted by atomic mass is 35.5. The second-order valence-electron chi connectivity index (χ2n) is 6.02. The highest BCUT2D eigenvalue weighted by Crippen LogP contribution is 2.33. The van der Waals surface area contributed by atoms with E-state index in [0.29, 0.717) is 14.2 Å². The predicted octanol–water partition coefficient (Wildman–Crippen LogP) is 4.88. The van der Waals surface area contributed by atoms with Crippen molar-refractivity contribution in [3.63, 3.8) is 0 Å². The third kappa shape index (κ3) is 4.97. The van der Waals surface area contributed by atoms with E-state index < -0.39 is 0 Å². The van der Waals surface area contributed by atoms with E-state index in [1.54, 1.807) is 12.1 Å². The van der Waals surface area contributed by atoms with Gasteiger partial charge in [-0.2, -0.15) is 0 Å². The molecule has 0 bridgehead atoms. The normalized spacial score (nSPS) is 15.5. The molecule has 1 aliphatic rings. The number of amides is 2. The van der Waals surface area contributed by atoms with E-state index in [2.05, 4.69) is 5.32 Å². The van der Waals surface area contributed by atoms with E-state index in [4.69, 9.17) is 23.8 Å². The number of thiocarbonyl (C=S) groups is 1. The topological polar surface area (TPSA) is 49.4 Å². The van der Waals surface area contributed by atoms with Gasteiger partial charge in [0.05, 0.1) is 4.91 Å². The third-order valence-corrected chi connectivity index (χ3v) is 5.65. The van der Waals surface area contributed by atoms with Crippen LogP contribution in [0.2, 0.25) is 5.02 Å². The van der Waals surface area contributed by atoms with Gasteiger partial charge in [-0.3, -0.25) is 14.5 Å². The van der Waals surface area contributed by atoms with Crippen molar-refractivity contribution in [2.45, 2.75) is 13.3 Å². The number of nitrogens with zero attached hydrogens (tertiary/aromatic N) is 1. The minimum Gasteiger partial charge on any atom is -0.326 e. The number of rotatable bonds is 5. The Morgan fingerprint density at radius 1 is 1.26 bits per heavy atom. The van der Waals surface area contributed by atoms with Gasteiger partial charge < -0.3 is 5.32 Å². The van der Waals surface area contributed by atoms with Crippen molar-refractivity contribution in [1.29, 1.82) is 0 Å². The van der Waals surface area contributed by atoms with Crippen LogP contribution < -0.4 is 5.32 Å². The van der Waals surface area contributed by atoms with Crippen LogP contribution in [0.4, 0.5) is 5.69 Å². The number of nitrogens with one attached hydrogen (secondary N) is 1. The summed E-state index contributed by atoms with van der Waals surface area (Å²) in [4.78, 5) is 26.8. The molecule has 1 aliphatic heterocycles. The maximum Gasteiger partial charge on any atom is 0.266 e. The molecule has 27 heavy (non-hydrogen) atoms. The zero-order valence-corrected chi connectivity index (χ0v) is 17.0. The maximum atomic E-state index is 12.6. The Kier molecular flexibility index (Phi) is 6.31. The summed E-state index contributed by atoms with van der Waals surface area (Å²) in [5.41, 5.74) is 2.57. The van der Waals surface area contributed by atoms with Crippen molar-refractivity contribution < 1.29 is 9.59 Å². The molecule has 2 aromatic rings. The molecular formula is C20H17ClN2O2S2. The van der Waals surface area contributed by atoms with Crippen LogP contribution in [0, 0.1) is 6.92 Å². The monoisotopic (exact) mass is 416 g/mol. The van der Waals surface area contributed by atoms with E-state index >= 15 is 0 Å². The summed E-state index contributed by atoms with van der Waals surface area (Å²) < 4.78 is 0.446. The number of thioether (sulfide) groups is 1. The van der Waals surface area contributed by atoms with E-state index in [0.717, 1.165) is 16.8 Å². The number of benzene rings is 2. The molecule has 4 nitrogen and oxygen atoms in total. The first-order chi connectivity index (χ1) is 12.9. The smallest absolute Gasteiger partial charge is 0.266 e. The number of aryl methyl sites for hydroxylation is 1. The summed E-state index contributed by atoms with van der Waals surface area (Å²) in [7, 11) is 0. The molecule has 2 aromatic carbocycles.